The van der Waals surface area contributed by atoms with E-state index in [1.165, 1.54) is 11.3 Å². The third-order valence-electron chi connectivity index (χ3n) is 4.03. The van der Waals surface area contributed by atoms with Crippen LogP contribution in [0.2, 0.25) is 0 Å². The molecule has 118 valence electrons. The average molecular weight is 311 g/mol. The van der Waals surface area contributed by atoms with Gasteiger partial charge in [-0.05, 0) is 18.3 Å². The third-order valence-corrected chi connectivity index (χ3v) is 5.16. The van der Waals surface area contributed by atoms with Crippen molar-refractivity contribution >= 4 is 28.2 Å². The Hall–Kier alpha value is -1.34. The molecule has 2 rings (SSSR count). The maximum absolute atomic E-state index is 12.3. The van der Waals surface area contributed by atoms with Crippen LogP contribution in [0.5, 0.6) is 0 Å². The summed E-state index contributed by atoms with van der Waals surface area (Å²) in [5, 5.41) is 3.74. The Balaban J connectivity index is 2.03. The van der Waals surface area contributed by atoms with Gasteiger partial charge in [0, 0.05) is 25.7 Å². The van der Waals surface area contributed by atoms with Gasteiger partial charge in [0.05, 0.1) is 0 Å². The van der Waals surface area contributed by atoms with Gasteiger partial charge >= 0.3 is 0 Å². The van der Waals surface area contributed by atoms with Crippen molar-refractivity contribution in [2.75, 3.05) is 30.3 Å². The number of hydrogen-bond donors (Lipinski definition) is 3. The molecule has 0 aromatic carbocycles. The lowest BCUT2D eigenvalue weighted by molar-refractivity contribution is 0.0940. The second-order valence-electron chi connectivity index (χ2n) is 6.41. The molecule has 1 aromatic rings. The number of rotatable bonds is 5. The Labute approximate surface area is 129 Å². The number of carbonyl (C=O) groups is 1. The molecule has 0 radical (unpaired) electrons. The summed E-state index contributed by atoms with van der Waals surface area (Å²) in [7, 11) is 0. The average Bonchev–Trinajstić information content (AvgIpc) is 3.02. The molecule has 1 aromatic heterocycles. The van der Waals surface area contributed by atoms with Gasteiger partial charge < -0.3 is 21.7 Å². The Kier molecular flexibility index (Phi) is 4.73. The summed E-state index contributed by atoms with van der Waals surface area (Å²) >= 11 is 1.35. The second kappa shape index (κ2) is 6.19. The summed E-state index contributed by atoms with van der Waals surface area (Å²) in [6.45, 7) is 8.64. The quantitative estimate of drug-likeness (QED) is 0.764. The Morgan fingerprint density at radius 3 is 2.86 bits per heavy atom. The Bertz CT molecular complexity index is 513. The van der Waals surface area contributed by atoms with Crippen molar-refractivity contribution in [1.82, 2.24) is 10.3 Å². The summed E-state index contributed by atoms with van der Waals surface area (Å²) in [6.07, 6.45) is 1.95. The van der Waals surface area contributed by atoms with Crippen molar-refractivity contribution in [3.05, 3.63) is 4.88 Å². The van der Waals surface area contributed by atoms with Crippen molar-refractivity contribution in [3.63, 3.8) is 0 Å². The van der Waals surface area contributed by atoms with Crippen LogP contribution in [0.4, 0.5) is 10.9 Å². The van der Waals surface area contributed by atoms with E-state index >= 15 is 0 Å². The van der Waals surface area contributed by atoms with E-state index < -0.39 is 0 Å². The van der Waals surface area contributed by atoms with Crippen molar-refractivity contribution in [3.8, 4) is 0 Å². The van der Waals surface area contributed by atoms with Gasteiger partial charge in [-0.2, -0.15) is 0 Å². The van der Waals surface area contributed by atoms with Crippen molar-refractivity contribution < 1.29 is 4.79 Å². The minimum Gasteiger partial charge on any atom is -0.382 e. The van der Waals surface area contributed by atoms with E-state index in [1.54, 1.807) is 0 Å². The predicted molar refractivity (Wildman–Crippen MR) is 87.7 cm³/mol. The number of nitrogens with two attached hydrogens (primary N) is 2. The second-order valence-corrected chi connectivity index (χ2v) is 7.38. The highest BCUT2D eigenvalue weighted by atomic mass is 32.1. The molecule has 6 nitrogen and oxygen atoms in total. The molecule has 0 bridgehead atoms. The molecule has 21 heavy (non-hydrogen) atoms. The molecule has 1 saturated heterocycles. The fraction of sp³-hybridized carbons (Fsp3) is 0.714. The Morgan fingerprint density at radius 2 is 2.29 bits per heavy atom. The molecule has 0 aliphatic carbocycles. The minimum absolute atomic E-state index is 0.0830. The van der Waals surface area contributed by atoms with E-state index in [4.69, 9.17) is 11.5 Å². The van der Waals surface area contributed by atoms with Gasteiger partial charge in [-0.3, -0.25) is 4.79 Å². The van der Waals surface area contributed by atoms with Crippen LogP contribution in [0.3, 0.4) is 0 Å². The summed E-state index contributed by atoms with van der Waals surface area (Å²) in [6, 6.07) is 0.178. The molecule has 1 fully saturated rings. The van der Waals surface area contributed by atoms with Crippen LogP contribution in [-0.4, -0.2) is 36.6 Å². The first kappa shape index (κ1) is 16.0. The van der Waals surface area contributed by atoms with Crippen LogP contribution in [0, 0.1) is 5.41 Å². The van der Waals surface area contributed by atoms with Crippen molar-refractivity contribution in [2.45, 2.75) is 39.7 Å². The molecule has 1 aliphatic heterocycles. The van der Waals surface area contributed by atoms with Gasteiger partial charge in [-0.1, -0.05) is 32.1 Å². The molecular formula is C14H25N5OS. The number of hydrogen-bond acceptors (Lipinski definition) is 6. The number of anilines is 2. The first-order valence-corrected chi connectivity index (χ1v) is 8.19. The lowest BCUT2D eigenvalue weighted by atomic mass is 9.90. The van der Waals surface area contributed by atoms with Crippen LogP contribution < -0.4 is 21.7 Å². The maximum Gasteiger partial charge on any atom is 0.265 e. The van der Waals surface area contributed by atoms with Crippen LogP contribution in [-0.2, 0) is 0 Å². The molecule has 1 atom stereocenters. The van der Waals surface area contributed by atoms with Gasteiger partial charge in [0.2, 0.25) is 0 Å². The normalized spacial score (nSPS) is 19.0. The first-order valence-electron chi connectivity index (χ1n) is 7.37. The van der Waals surface area contributed by atoms with E-state index in [1.807, 2.05) is 0 Å². The minimum atomic E-state index is -0.138. The topological polar surface area (TPSA) is 97.3 Å². The molecule has 2 heterocycles. The number of nitrogens with one attached hydrogen (secondary N) is 1. The summed E-state index contributed by atoms with van der Waals surface area (Å²) in [4.78, 5) is 19.2. The SMILES string of the molecule is CCC(C)(C)CNC(=O)c1sc(N2CCC(N)C2)nc1N. The zero-order valence-corrected chi connectivity index (χ0v) is 13.8. The number of thiazole rings is 1. The van der Waals surface area contributed by atoms with Gasteiger partial charge in [0.25, 0.3) is 5.91 Å². The van der Waals surface area contributed by atoms with Crippen LogP contribution in [0.1, 0.15) is 43.3 Å². The fourth-order valence-electron chi connectivity index (χ4n) is 2.10. The van der Waals surface area contributed by atoms with E-state index in [0.29, 0.717) is 17.2 Å². The fourth-order valence-corrected chi connectivity index (χ4v) is 3.04. The highest BCUT2D eigenvalue weighted by Crippen LogP contribution is 2.30. The smallest absolute Gasteiger partial charge is 0.265 e. The number of carbonyl (C=O) groups excluding carboxylic acids is 1. The van der Waals surface area contributed by atoms with E-state index in [-0.39, 0.29) is 17.4 Å². The zero-order valence-electron chi connectivity index (χ0n) is 13.0. The number of amides is 1. The maximum atomic E-state index is 12.3. The summed E-state index contributed by atoms with van der Waals surface area (Å²) < 4.78 is 0. The lowest BCUT2D eigenvalue weighted by Gasteiger charge is -2.22. The highest BCUT2D eigenvalue weighted by Gasteiger charge is 2.25. The summed E-state index contributed by atoms with van der Waals surface area (Å²) in [5.74, 6) is 0.170. The third kappa shape index (κ3) is 3.85. The highest BCUT2D eigenvalue weighted by molar-refractivity contribution is 7.18. The van der Waals surface area contributed by atoms with Gasteiger partial charge in [0.1, 0.15) is 10.7 Å². The molecule has 0 saturated carbocycles. The van der Waals surface area contributed by atoms with Crippen LogP contribution in [0.25, 0.3) is 0 Å². The molecule has 0 spiro atoms. The predicted octanol–water partition coefficient (Wildman–Crippen LogP) is 1.43. The van der Waals surface area contributed by atoms with E-state index in [0.717, 1.165) is 31.1 Å². The molecule has 1 aliphatic rings. The first-order chi connectivity index (χ1) is 9.82. The number of aromatic nitrogens is 1. The van der Waals surface area contributed by atoms with Gasteiger partial charge in [-0.25, -0.2) is 4.98 Å². The van der Waals surface area contributed by atoms with Crippen LogP contribution in [0.15, 0.2) is 0 Å². The standard InChI is InChI=1S/C14H25N5OS/c1-4-14(2,3)8-17-12(20)10-11(16)18-13(21-10)19-6-5-9(15)7-19/h9H,4-8,15-16H2,1-3H3,(H,17,20). The molecule has 1 amide bonds. The largest absolute Gasteiger partial charge is 0.382 e. The zero-order chi connectivity index (χ0) is 15.6. The Morgan fingerprint density at radius 1 is 1.57 bits per heavy atom. The monoisotopic (exact) mass is 311 g/mol. The van der Waals surface area contributed by atoms with Gasteiger partial charge in [-0.15, -0.1) is 0 Å². The molecule has 7 heteroatoms. The molecule has 1 unspecified atom stereocenters. The van der Waals surface area contributed by atoms with E-state index in [2.05, 4.69) is 36.0 Å². The lowest BCUT2D eigenvalue weighted by Crippen LogP contribution is -2.33. The van der Waals surface area contributed by atoms with Gasteiger partial charge in [0.15, 0.2) is 5.13 Å². The van der Waals surface area contributed by atoms with Crippen molar-refractivity contribution in [1.29, 1.82) is 0 Å². The number of nitrogens with zero attached hydrogens (tertiary/aromatic N) is 2. The number of nitrogen functional groups attached to an aromatic ring is 1. The summed E-state index contributed by atoms with van der Waals surface area (Å²) in [5.41, 5.74) is 11.9. The van der Waals surface area contributed by atoms with E-state index in [9.17, 15) is 4.79 Å². The van der Waals surface area contributed by atoms with Crippen molar-refractivity contribution in [2.24, 2.45) is 11.1 Å². The molecule has 5 N–H and O–H groups in total. The van der Waals surface area contributed by atoms with Crippen LogP contribution >= 0.6 is 11.3 Å². The molecular weight excluding hydrogens is 286 g/mol.